The Balaban J connectivity index is 2.75. The van der Waals surface area contributed by atoms with Crippen LogP contribution in [0.2, 0.25) is 0 Å². The molecule has 0 saturated carbocycles. The minimum Gasteiger partial charge on any atom is -0.433 e. The number of nitrogens with one attached hydrogen (secondary N) is 1. The summed E-state index contributed by atoms with van der Waals surface area (Å²) in [7, 11) is 0. The van der Waals surface area contributed by atoms with Crippen molar-refractivity contribution < 1.29 is 13.5 Å². The van der Waals surface area contributed by atoms with Crippen molar-refractivity contribution >= 4 is 10.9 Å². The highest BCUT2D eigenvalue weighted by Crippen LogP contribution is 2.24. The largest absolute Gasteiger partial charge is 0.433 e. The van der Waals surface area contributed by atoms with Crippen molar-refractivity contribution in [2.75, 3.05) is 0 Å². The van der Waals surface area contributed by atoms with E-state index in [0.29, 0.717) is 28.6 Å². The minimum absolute atomic E-state index is 0.00893. The molecule has 1 heterocycles. The van der Waals surface area contributed by atoms with Crippen LogP contribution in [0, 0.1) is 6.92 Å². The van der Waals surface area contributed by atoms with Crippen LogP contribution in [-0.4, -0.2) is 11.6 Å². The number of rotatable bonds is 3. The van der Waals surface area contributed by atoms with Crippen LogP contribution in [0.3, 0.4) is 0 Å². The molecule has 18 heavy (non-hydrogen) atoms. The number of aromatic nitrogens is 1. The number of aryl methyl sites for hydroxylation is 1. The summed E-state index contributed by atoms with van der Waals surface area (Å²) in [6.45, 7) is 0.715. The molecule has 0 spiro atoms. The Morgan fingerprint density at radius 2 is 2.11 bits per heavy atom. The van der Waals surface area contributed by atoms with Gasteiger partial charge in [-0.1, -0.05) is 13.0 Å². The zero-order chi connectivity index (χ0) is 13.3. The van der Waals surface area contributed by atoms with E-state index < -0.39 is 6.61 Å². The summed E-state index contributed by atoms with van der Waals surface area (Å²) in [6, 6.07) is 4.55. The average molecular weight is 253 g/mol. The number of para-hydroxylation sites is 1. The Kier molecular flexibility index (Phi) is 3.32. The smallest absolute Gasteiger partial charge is 0.387 e. The molecule has 1 N–H and O–H groups in total. The van der Waals surface area contributed by atoms with E-state index in [1.54, 1.807) is 13.0 Å². The van der Waals surface area contributed by atoms with Gasteiger partial charge in [0.05, 0.1) is 5.52 Å². The first-order valence-corrected chi connectivity index (χ1v) is 5.64. The number of hydrogen-bond acceptors (Lipinski definition) is 2. The lowest BCUT2D eigenvalue weighted by atomic mass is 10.1. The summed E-state index contributed by atoms with van der Waals surface area (Å²) in [6.07, 6.45) is 0.594. The van der Waals surface area contributed by atoms with Gasteiger partial charge in [-0.2, -0.15) is 8.78 Å². The third-order valence-corrected chi connectivity index (χ3v) is 2.88. The van der Waals surface area contributed by atoms with Crippen LogP contribution in [0.25, 0.3) is 10.9 Å². The van der Waals surface area contributed by atoms with Crippen LogP contribution >= 0.6 is 0 Å². The molecule has 0 unspecified atom stereocenters. The van der Waals surface area contributed by atoms with Gasteiger partial charge in [0.2, 0.25) is 0 Å². The molecule has 1 aromatic carbocycles. The molecule has 0 atom stereocenters. The number of fused-ring (bicyclic) bond motifs is 1. The van der Waals surface area contributed by atoms with Gasteiger partial charge < -0.3 is 9.72 Å². The quantitative estimate of drug-likeness (QED) is 0.913. The van der Waals surface area contributed by atoms with Crippen molar-refractivity contribution in [3.8, 4) is 5.75 Å². The Bertz CT molecular complexity index is 635. The van der Waals surface area contributed by atoms with Gasteiger partial charge in [-0.15, -0.1) is 0 Å². The molecule has 96 valence electrons. The van der Waals surface area contributed by atoms with Gasteiger partial charge in [0, 0.05) is 16.6 Å². The van der Waals surface area contributed by atoms with Crippen LogP contribution in [0.5, 0.6) is 5.75 Å². The minimum atomic E-state index is -2.91. The van der Waals surface area contributed by atoms with E-state index in [9.17, 15) is 13.6 Å². The van der Waals surface area contributed by atoms with Crippen LogP contribution in [0.4, 0.5) is 8.78 Å². The summed E-state index contributed by atoms with van der Waals surface area (Å²) in [5, 5.41) is 0.371. The maximum atomic E-state index is 12.3. The molecule has 0 radical (unpaired) electrons. The molecule has 0 fully saturated rings. The number of aromatic amines is 1. The average Bonchev–Trinajstić information content (AvgIpc) is 2.30. The Morgan fingerprint density at radius 1 is 1.39 bits per heavy atom. The summed E-state index contributed by atoms with van der Waals surface area (Å²) >= 11 is 0. The van der Waals surface area contributed by atoms with E-state index in [1.807, 2.05) is 6.92 Å². The van der Waals surface area contributed by atoms with Gasteiger partial charge in [-0.3, -0.25) is 4.79 Å². The SMILES string of the molecule is CCc1c(C)[nH]c2c(OC(F)F)cccc2c1=O. The lowest BCUT2D eigenvalue weighted by Gasteiger charge is -2.10. The highest BCUT2D eigenvalue weighted by molar-refractivity contribution is 5.85. The van der Waals surface area contributed by atoms with Gasteiger partial charge >= 0.3 is 6.61 Å². The molecule has 2 aromatic rings. The van der Waals surface area contributed by atoms with Gasteiger partial charge in [-0.25, -0.2) is 0 Å². The van der Waals surface area contributed by atoms with Gasteiger partial charge in [-0.05, 0) is 25.5 Å². The van der Waals surface area contributed by atoms with Crippen molar-refractivity contribution in [2.45, 2.75) is 26.9 Å². The van der Waals surface area contributed by atoms with Crippen molar-refractivity contribution in [3.05, 3.63) is 39.7 Å². The zero-order valence-electron chi connectivity index (χ0n) is 10.1. The molecule has 3 nitrogen and oxygen atoms in total. The van der Waals surface area contributed by atoms with E-state index in [-0.39, 0.29) is 11.2 Å². The molecule has 1 aromatic heterocycles. The fraction of sp³-hybridized carbons (Fsp3) is 0.308. The predicted molar refractivity (Wildman–Crippen MR) is 65.3 cm³/mol. The number of ether oxygens (including phenoxy) is 1. The van der Waals surface area contributed by atoms with Crippen molar-refractivity contribution in [3.63, 3.8) is 0 Å². The third-order valence-electron chi connectivity index (χ3n) is 2.88. The Labute approximate surface area is 102 Å². The predicted octanol–water partition coefficient (Wildman–Crippen LogP) is 3.00. The Morgan fingerprint density at radius 3 is 2.72 bits per heavy atom. The summed E-state index contributed by atoms with van der Waals surface area (Å²) in [5.41, 5.74) is 1.53. The molecule has 2 rings (SSSR count). The molecule has 0 bridgehead atoms. The summed E-state index contributed by atoms with van der Waals surface area (Å²) in [5.74, 6) is -0.00893. The van der Waals surface area contributed by atoms with E-state index in [4.69, 9.17) is 0 Å². The molecule has 5 heteroatoms. The number of benzene rings is 1. The number of pyridine rings is 1. The lowest BCUT2D eigenvalue weighted by Crippen LogP contribution is -2.13. The van der Waals surface area contributed by atoms with Crippen LogP contribution in [0.15, 0.2) is 23.0 Å². The Hall–Kier alpha value is -1.91. The highest BCUT2D eigenvalue weighted by atomic mass is 19.3. The summed E-state index contributed by atoms with van der Waals surface area (Å²) in [4.78, 5) is 15.1. The second-order valence-electron chi connectivity index (χ2n) is 3.97. The molecule has 0 aliphatic carbocycles. The second-order valence-corrected chi connectivity index (χ2v) is 3.97. The molecule has 0 amide bonds. The maximum Gasteiger partial charge on any atom is 0.387 e. The first-order valence-electron chi connectivity index (χ1n) is 5.64. The number of alkyl halides is 2. The monoisotopic (exact) mass is 253 g/mol. The fourth-order valence-corrected chi connectivity index (χ4v) is 2.06. The third kappa shape index (κ3) is 2.08. The van der Waals surface area contributed by atoms with E-state index in [2.05, 4.69) is 9.72 Å². The molecular formula is C13H13F2NO2. The first-order chi connectivity index (χ1) is 8.54. The number of hydrogen-bond donors (Lipinski definition) is 1. The topological polar surface area (TPSA) is 42.1 Å². The first kappa shape index (κ1) is 12.5. The van der Waals surface area contributed by atoms with Crippen LogP contribution < -0.4 is 10.2 Å². The highest BCUT2D eigenvalue weighted by Gasteiger charge is 2.13. The van der Waals surface area contributed by atoms with Crippen molar-refractivity contribution in [2.24, 2.45) is 0 Å². The molecule has 0 aliphatic heterocycles. The molecule has 0 saturated heterocycles. The van der Waals surface area contributed by atoms with E-state index in [0.717, 1.165) is 0 Å². The number of H-pyrrole nitrogens is 1. The van der Waals surface area contributed by atoms with E-state index >= 15 is 0 Å². The molecule has 0 aliphatic rings. The van der Waals surface area contributed by atoms with Crippen LogP contribution in [0.1, 0.15) is 18.2 Å². The number of halogens is 2. The standard InChI is InChI=1S/C13H13F2NO2/c1-3-8-7(2)16-11-9(12(8)17)5-4-6-10(11)18-13(14)15/h4-6,13H,3H2,1-2H3,(H,16,17). The van der Waals surface area contributed by atoms with Gasteiger partial charge in [0.15, 0.2) is 5.43 Å². The normalized spacial score (nSPS) is 11.2. The molecular weight excluding hydrogens is 240 g/mol. The van der Waals surface area contributed by atoms with Crippen molar-refractivity contribution in [1.82, 2.24) is 4.98 Å². The summed E-state index contributed by atoms with van der Waals surface area (Å²) < 4.78 is 29.0. The fourth-order valence-electron chi connectivity index (χ4n) is 2.06. The van der Waals surface area contributed by atoms with Gasteiger partial charge in [0.25, 0.3) is 0 Å². The second kappa shape index (κ2) is 4.76. The lowest BCUT2D eigenvalue weighted by molar-refractivity contribution is -0.0489. The van der Waals surface area contributed by atoms with Crippen molar-refractivity contribution in [1.29, 1.82) is 0 Å². The zero-order valence-corrected chi connectivity index (χ0v) is 10.1. The maximum absolute atomic E-state index is 12.3. The van der Waals surface area contributed by atoms with E-state index in [1.165, 1.54) is 12.1 Å². The van der Waals surface area contributed by atoms with Gasteiger partial charge in [0.1, 0.15) is 5.75 Å². The van der Waals surface area contributed by atoms with Crippen LogP contribution in [-0.2, 0) is 6.42 Å².